The smallest absolute Gasteiger partial charge is 1.02 e. The summed E-state index contributed by atoms with van der Waals surface area (Å²) in [5, 5.41) is 0. The van der Waals surface area contributed by atoms with Crippen molar-refractivity contribution in [2.45, 2.75) is 7.43 Å². The predicted octanol–water partition coefficient (Wildman–Crippen LogP) is -0.414. The number of hydrogen-bond acceptors (Lipinski definition) is 10. The maximum absolute atomic E-state index is 3.83. The van der Waals surface area contributed by atoms with Crippen molar-refractivity contribution in [3.05, 3.63) is 6.26 Å². The Morgan fingerprint density at radius 3 is 0.444 bits per heavy atom. The second-order valence-electron chi connectivity index (χ2n) is 0. The summed E-state index contributed by atoms with van der Waals surface area (Å²) in [4.78, 5) is 0. The van der Waals surface area contributed by atoms with Crippen LogP contribution < -0.4 is 0 Å². The molecule has 0 fully saturated rings. The van der Waals surface area contributed by atoms with E-state index in [9.17, 15) is 0 Å². The van der Waals surface area contributed by atoms with E-state index in [2.05, 4.69) is 65.5 Å². The Labute approximate surface area is 261 Å². The molecule has 0 saturated carbocycles. The predicted molar refractivity (Wildman–Crippen MR) is 92.7 cm³/mol. The van der Waals surface area contributed by atoms with E-state index in [-0.39, 0.29) is 201 Å². The van der Waals surface area contributed by atoms with Crippen molar-refractivity contribution < 1.29 is 126 Å². The van der Waals surface area contributed by atoms with Crippen LogP contribution in [-0.4, -0.2) is 0 Å². The molecule has 0 amide bonds. The van der Waals surface area contributed by atoms with E-state index in [4.69, 9.17) is 0 Å². The third-order valence-corrected chi connectivity index (χ3v) is 0. The summed E-state index contributed by atoms with van der Waals surface area (Å²) in [7, 11) is 0. The van der Waals surface area contributed by atoms with Gasteiger partial charge in [-0.3, -0.25) is 0 Å². The van der Waals surface area contributed by atoms with Gasteiger partial charge in [0.15, 0.2) is 0 Å². The van der Waals surface area contributed by atoms with Crippen molar-refractivity contribution in [1.82, 2.24) is 0 Å². The number of thiol groups is 5. The second kappa shape index (κ2) is 236. The molecule has 0 spiro atoms. The largest absolute Gasteiger partial charge is 2.00 e. The van der Waals surface area contributed by atoms with Crippen molar-refractivity contribution in [2.24, 2.45) is 0 Å². The zero-order chi connectivity index (χ0) is 6.00. The Morgan fingerprint density at radius 1 is 0.444 bits per heavy atom. The summed E-state index contributed by atoms with van der Waals surface area (Å²) in [5.74, 6) is 0. The van der Waals surface area contributed by atoms with Gasteiger partial charge in [-0.1, -0.05) is 7.43 Å². The second-order valence-corrected chi connectivity index (χ2v) is 0. The average Bonchev–Trinajstić information content (AvgIpc) is 1.81. The molecule has 0 nitrogen and oxygen atoms in total. The van der Waals surface area contributed by atoms with Gasteiger partial charge in [0, 0.05) is 105 Å². The molecule has 0 aliphatic rings. The molecule has 0 aromatic rings. The molecule has 0 atom stereocenters. The van der Waals surface area contributed by atoms with Gasteiger partial charge in [0.1, 0.15) is 0 Å². The fourth-order valence-electron chi connectivity index (χ4n) is 0. The molecular weight excluding hydrogens is 920 g/mol. The molecule has 0 unspecified atom stereocenters. The summed E-state index contributed by atoms with van der Waals surface area (Å²) >= 11 is 18.5. The first-order valence-corrected chi connectivity index (χ1v) is 3.87. The third-order valence-electron chi connectivity index (χ3n) is 0. The van der Waals surface area contributed by atoms with Crippen LogP contribution in [0.2, 0.25) is 0 Å². The topological polar surface area (TPSA) is 0 Å². The van der Waals surface area contributed by atoms with Gasteiger partial charge in [-0.15, -0.1) is 0 Å². The fourth-order valence-corrected chi connectivity index (χ4v) is 0. The van der Waals surface area contributed by atoms with Crippen LogP contribution in [0.5, 0.6) is 0 Å². The van der Waals surface area contributed by atoms with Gasteiger partial charge in [-0.2, -0.15) is 0 Å². The summed E-state index contributed by atoms with van der Waals surface area (Å²) in [6.07, 6.45) is 2.83. The first kappa shape index (κ1) is 138. The van der Waals surface area contributed by atoms with Crippen LogP contribution in [-0.2, 0) is 253 Å². The molecule has 0 N–H and O–H groups in total. The van der Waals surface area contributed by atoms with Gasteiger partial charge in [0.2, 0.25) is 0 Å². The first-order valence-electron chi connectivity index (χ1n) is 0.622. The summed E-state index contributed by atoms with van der Waals surface area (Å²) in [6.45, 7) is 0. The molecule has 0 aromatic carbocycles. The Balaban J connectivity index is -0.000000000433. The van der Waals surface area contributed by atoms with E-state index in [1.165, 1.54) is 0 Å². The van der Waals surface area contributed by atoms with Crippen LogP contribution in [0.3, 0.4) is 0 Å². The molecule has 0 aliphatic carbocycles. The van der Waals surface area contributed by atoms with Crippen LogP contribution in [0.15, 0.2) is 0 Å². The molecule has 0 saturated heterocycles. The number of rotatable bonds is 0. The molecule has 18 heavy (non-hydrogen) atoms. The van der Waals surface area contributed by atoms with E-state index in [0.29, 0.717) is 0 Å². The van der Waals surface area contributed by atoms with Crippen LogP contribution in [0.4, 0.5) is 0 Å². The van der Waals surface area contributed by atoms with Crippen molar-refractivity contribution >= 4 is 127 Å². The minimum atomic E-state index is 0. The molecule has 0 radical (unpaired) electrons. The van der Waals surface area contributed by atoms with Gasteiger partial charge in [-0.05, 0) is 0 Å². The molecule has 0 aromatic heterocycles. The molecule has 0 heterocycles. The molecular formula is C2H11Mo6S10-9. The summed E-state index contributed by atoms with van der Waals surface area (Å²) in [6, 6.07) is 0. The van der Waals surface area contributed by atoms with Crippen molar-refractivity contribution in [3.8, 4) is 0 Å². The zero-order valence-corrected chi connectivity index (χ0v) is 28.0. The minimum Gasteiger partial charge on any atom is -1.02 e. The minimum absolute atomic E-state index is 0. The van der Waals surface area contributed by atoms with Gasteiger partial charge in [-0.25, -0.2) is 0 Å². The maximum atomic E-state index is 3.83. The quantitative estimate of drug-likeness (QED) is 0.103. The first-order chi connectivity index (χ1) is 3.00. The van der Waals surface area contributed by atoms with Crippen LogP contribution >= 0.6 is 0 Å². The number of hydrogen-bond donors (Lipinski definition) is 0. The Morgan fingerprint density at radius 2 is 0.444 bits per heavy atom. The zero-order valence-electron chi connectivity index (χ0n) is 7.43. The Kier molecular flexibility index (Phi) is 1810. The average molecular weight is 931 g/mol. The monoisotopic (exact) mass is 942 g/mol. The SMILES string of the molecule is C.[CH2-][S-].[Mo+2].[Mo].[Mo].[Mo].[Mo].[Mo].[S-][S-].[S-][S-].[SH-].[SH-].[SH-].[SH-].[SH-]. The third kappa shape index (κ3) is 208. The molecule has 0 aliphatic heterocycles. The fraction of sp³-hybridized carbons (Fsp3) is 0.500. The molecule has 16 heteroatoms. The van der Waals surface area contributed by atoms with E-state index < -0.39 is 0 Å². The maximum Gasteiger partial charge on any atom is 2.00 e. The van der Waals surface area contributed by atoms with E-state index in [0.717, 1.165) is 0 Å². The van der Waals surface area contributed by atoms with Crippen LogP contribution in [0.25, 0.3) is 0 Å². The molecule has 124 valence electrons. The van der Waals surface area contributed by atoms with Gasteiger partial charge in [0.05, 0.1) is 0 Å². The van der Waals surface area contributed by atoms with E-state index in [1.54, 1.807) is 0 Å². The van der Waals surface area contributed by atoms with E-state index >= 15 is 0 Å². The van der Waals surface area contributed by atoms with Crippen LogP contribution in [0.1, 0.15) is 7.43 Å². The Hall–Kier alpha value is 7.63. The van der Waals surface area contributed by atoms with E-state index in [1.807, 2.05) is 0 Å². The summed E-state index contributed by atoms with van der Waals surface area (Å²) in [5.41, 5.74) is 0. The van der Waals surface area contributed by atoms with Gasteiger partial charge >= 0.3 is 21.1 Å². The Bertz CT molecular complexity index is 24.3. The van der Waals surface area contributed by atoms with Gasteiger partial charge in [0.25, 0.3) is 0 Å². The van der Waals surface area contributed by atoms with Crippen molar-refractivity contribution in [2.75, 3.05) is 0 Å². The molecule has 0 rings (SSSR count). The van der Waals surface area contributed by atoms with Crippen LogP contribution in [0, 0.1) is 6.26 Å². The van der Waals surface area contributed by atoms with Gasteiger partial charge < -0.3 is 133 Å². The normalized spacial score (nSPS) is 1.00. The van der Waals surface area contributed by atoms with Crippen molar-refractivity contribution in [3.63, 3.8) is 0 Å². The van der Waals surface area contributed by atoms with Crippen molar-refractivity contribution in [1.29, 1.82) is 0 Å². The summed E-state index contributed by atoms with van der Waals surface area (Å²) < 4.78 is 0. The molecule has 0 bridgehead atoms. The standard InChI is InChI=1S/CH2S.CH4.6Mo.2S2.5H2S/c1-2;;;;;;;;2*1-2;;;;;/h1H2;1H4;;;;;;;;;5*1H2/q-2;;;;;;;+2;2*-2;;;;;/p-5.